The van der Waals surface area contributed by atoms with Gasteiger partial charge in [-0.3, -0.25) is 4.79 Å². The van der Waals surface area contributed by atoms with Gasteiger partial charge in [-0.25, -0.2) is 4.79 Å². The third-order valence-electron chi connectivity index (χ3n) is 5.52. The summed E-state index contributed by atoms with van der Waals surface area (Å²) >= 11 is 1.71. The molecule has 0 aliphatic heterocycles. The van der Waals surface area contributed by atoms with Gasteiger partial charge in [0.1, 0.15) is 12.3 Å². The van der Waals surface area contributed by atoms with Crippen LogP contribution in [0.1, 0.15) is 56.9 Å². The van der Waals surface area contributed by atoms with Crippen LogP contribution >= 0.6 is 11.8 Å². The van der Waals surface area contributed by atoms with Crippen LogP contribution in [0.3, 0.4) is 0 Å². The van der Waals surface area contributed by atoms with Crippen molar-refractivity contribution in [3.63, 3.8) is 0 Å². The Morgan fingerprint density at radius 2 is 1.81 bits per heavy atom. The Morgan fingerprint density at radius 3 is 2.39 bits per heavy atom. The molecule has 0 radical (unpaired) electrons. The fourth-order valence-electron chi connectivity index (χ4n) is 4.02. The molecule has 3 rings (SSSR count). The quantitative estimate of drug-likeness (QED) is 0.456. The molecule has 1 heterocycles. The summed E-state index contributed by atoms with van der Waals surface area (Å²) < 4.78 is 21.7. The summed E-state index contributed by atoms with van der Waals surface area (Å²) in [7, 11) is 4.69. The molecular weight excluding hydrogens is 418 g/mol. The summed E-state index contributed by atoms with van der Waals surface area (Å²) in [5.74, 6) is 2.86. The zero-order chi connectivity index (χ0) is 22.5. The van der Waals surface area contributed by atoms with Gasteiger partial charge < -0.3 is 23.9 Å². The molecule has 0 unspecified atom stereocenters. The van der Waals surface area contributed by atoms with Gasteiger partial charge in [0.2, 0.25) is 5.75 Å². The van der Waals surface area contributed by atoms with Crippen molar-refractivity contribution in [2.24, 2.45) is 0 Å². The Hall–Kier alpha value is -2.61. The minimum atomic E-state index is -0.416. The van der Waals surface area contributed by atoms with Crippen LogP contribution in [0, 0.1) is 6.92 Å². The van der Waals surface area contributed by atoms with E-state index < -0.39 is 5.97 Å². The maximum Gasteiger partial charge on any atom is 0.355 e. The summed E-state index contributed by atoms with van der Waals surface area (Å²) in [5, 5.41) is 0. The Morgan fingerprint density at radius 1 is 1.13 bits per heavy atom. The first kappa shape index (κ1) is 23.1. The summed E-state index contributed by atoms with van der Waals surface area (Å²) in [6.07, 6.45) is 0.936. The topological polar surface area (TPSA) is 86.9 Å². The molecule has 8 heteroatoms. The van der Waals surface area contributed by atoms with Crippen molar-refractivity contribution in [3.05, 3.63) is 40.2 Å². The standard InChI is InChI=1S/C23H29NO6S/c1-6-31-8-7-30-23(26)21-13(2)20-16(24-21)9-14(10-17(20)25)15-11-18(27-3)22(29-5)19(12-15)28-4/h11-12,14,24H,6-10H2,1-5H3/t14-/m0/s1. The largest absolute Gasteiger partial charge is 0.493 e. The van der Waals surface area contributed by atoms with E-state index in [0.717, 1.165) is 22.8 Å². The number of carbonyl (C=O) groups excluding carboxylic acids is 2. The smallest absolute Gasteiger partial charge is 0.355 e. The number of benzene rings is 1. The molecule has 0 bridgehead atoms. The number of ether oxygens (including phenoxy) is 4. The molecule has 1 aromatic heterocycles. The number of thioether (sulfide) groups is 1. The molecule has 31 heavy (non-hydrogen) atoms. The lowest BCUT2D eigenvalue weighted by atomic mass is 9.81. The molecule has 0 fully saturated rings. The number of fused-ring (bicyclic) bond motifs is 1. The summed E-state index contributed by atoms with van der Waals surface area (Å²) in [6, 6.07) is 3.75. The zero-order valence-electron chi connectivity index (χ0n) is 18.6. The van der Waals surface area contributed by atoms with Crippen molar-refractivity contribution in [1.29, 1.82) is 0 Å². The van der Waals surface area contributed by atoms with Gasteiger partial charge in [0.25, 0.3) is 0 Å². The number of H-pyrrole nitrogens is 1. The average molecular weight is 448 g/mol. The maximum absolute atomic E-state index is 13.0. The molecule has 168 valence electrons. The van der Waals surface area contributed by atoms with Crippen molar-refractivity contribution in [1.82, 2.24) is 4.98 Å². The molecule has 1 aliphatic rings. The fourth-order valence-corrected chi connectivity index (χ4v) is 4.51. The van der Waals surface area contributed by atoms with Crippen LogP contribution in [0.4, 0.5) is 0 Å². The molecule has 1 aromatic carbocycles. The van der Waals surface area contributed by atoms with Crippen LogP contribution in [0.2, 0.25) is 0 Å². The van der Waals surface area contributed by atoms with E-state index in [2.05, 4.69) is 11.9 Å². The lowest BCUT2D eigenvalue weighted by Gasteiger charge is -2.24. The summed E-state index contributed by atoms with van der Waals surface area (Å²) in [4.78, 5) is 28.7. The number of rotatable bonds is 9. The maximum atomic E-state index is 13.0. The molecule has 1 atom stereocenters. The third-order valence-corrected chi connectivity index (χ3v) is 6.38. The van der Waals surface area contributed by atoms with E-state index in [1.807, 2.05) is 12.1 Å². The van der Waals surface area contributed by atoms with Crippen molar-refractivity contribution in [2.75, 3.05) is 39.4 Å². The van der Waals surface area contributed by atoms with Crippen molar-refractivity contribution in [2.45, 2.75) is 32.6 Å². The molecule has 0 saturated carbocycles. The van der Waals surface area contributed by atoms with Crippen LogP contribution in [-0.4, -0.2) is 56.2 Å². The number of ketones is 1. The highest BCUT2D eigenvalue weighted by Crippen LogP contribution is 2.43. The fraction of sp³-hybridized carbons (Fsp3) is 0.478. The van der Waals surface area contributed by atoms with Gasteiger partial charge >= 0.3 is 5.97 Å². The van der Waals surface area contributed by atoms with E-state index >= 15 is 0 Å². The molecule has 0 saturated heterocycles. The number of nitrogens with one attached hydrogen (secondary N) is 1. The highest BCUT2D eigenvalue weighted by Gasteiger charge is 2.33. The van der Waals surface area contributed by atoms with Gasteiger partial charge in [0.15, 0.2) is 17.3 Å². The first-order valence-corrected chi connectivity index (χ1v) is 11.4. The van der Waals surface area contributed by atoms with Crippen molar-refractivity contribution >= 4 is 23.5 Å². The number of aromatic amines is 1. The van der Waals surface area contributed by atoms with Crippen molar-refractivity contribution < 1.29 is 28.5 Å². The Balaban J connectivity index is 1.87. The van der Waals surface area contributed by atoms with Gasteiger partial charge in [-0.1, -0.05) is 6.92 Å². The van der Waals surface area contributed by atoms with E-state index in [1.54, 1.807) is 40.0 Å². The average Bonchev–Trinajstić information content (AvgIpc) is 3.12. The van der Waals surface area contributed by atoms with Gasteiger partial charge in [-0.05, 0) is 48.3 Å². The third kappa shape index (κ3) is 4.69. The van der Waals surface area contributed by atoms with Gasteiger partial charge in [-0.15, -0.1) is 0 Å². The van der Waals surface area contributed by atoms with Gasteiger partial charge in [-0.2, -0.15) is 11.8 Å². The lowest BCUT2D eigenvalue weighted by Crippen LogP contribution is -2.19. The number of aromatic nitrogens is 1. The highest BCUT2D eigenvalue weighted by molar-refractivity contribution is 7.99. The molecule has 0 amide bonds. The lowest BCUT2D eigenvalue weighted by molar-refractivity contribution is 0.0523. The Kier molecular flexibility index (Phi) is 7.54. The molecular formula is C23H29NO6S. The second kappa shape index (κ2) is 10.1. The highest BCUT2D eigenvalue weighted by atomic mass is 32.2. The minimum absolute atomic E-state index is 0.00865. The molecule has 1 aliphatic carbocycles. The number of carbonyl (C=O) groups is 2. The normalized spacial score (nSPS) is 15.4. The number of hydrogen-bond acceptors (Lipinski definition) is 7. The van der Waals surface area contributed by atoms with E-state index in [0.29, 0.717) is 53.5 Å². The minimum Gasteiger partial charge on any atom is -0.493 e. The molecule has 7 nitrogen and oxygen atoms in total. The summed E-state index contributed by atoms with van der Waals surface area (Å²) in [5.41, 5.74) is 3.32. The summed E-state index contributed by atoms with van der Waals surface area (Å²) in [6.45, 7) is 4.21. The first-order chi connectivity index (χ1) is 14.9. The number of hydrogen-bond donors (Lipinski definition) is 1. The van der Waals surface area contributed by atoms with Crippen molar-refractivity contribution in [3.8, 4) is 17.2 Å². The van der Waals surface area contributed by atoms with Gasteiger partial charge in [0, 0.05) is 23.4 Å². The number of Topliss-reactive ketones (excluding diaryl/α,β-unsaturated/α-hetero) is 1. The van der Waals surface area contributed by atoms with Gasteiger partial charge in [0.05, 0.1) is 21.3 Å². The molecule has 1 N–H and O–H groups in total. The Bertz CT molecular complexity index is 942. The predicted octanol–water partition coefficient (Wildman–Crippen LogP) is 4.17. The predicted molar refractivity (Wildman–Crippen MR) is 120 cm³/mol. The Labute approximate surface area is 186 Å². The second-order valence-electron chi connectivity index (χ2n) is 7.30. The monoisotopic (exact) mass is 447 g/mol. The SMILES string of the molecule is CCSCCOC(=O)c1[nH]c2c(c1C)C(=O)C[C@@H](c1cc(OC)c(OC)c(OC)c1)C2. The van der Waals surface area contributed by atoms with E-state index in [4.69, 9.17) is 18.9 Å². The first-order valence-electron chi connectivity index (χ1n) is 10.2. The molecule has 2 aromatic rings. The van der Waals surface area contributed by atoms with Crippen LogP contribution in [0.5, 0.6) is 17.2 Å². The van der Waals surface area contributed by atoms with Crippen LogP contribution in [0.25, 0.3) is 0 Å². The van der Waals surface area contributed by atoms with E-state index in [1.165, 1.54) is 0 Å². The number of methoxy groups -OCH3 is 3. The van der Waals surface area contributed by atoms with Crippen LogP contribution in [0.15, 0.2) is 12.1 Å². The van der Waals surface area contributed by atoms with Crippen LogP contribution in [-0.2, 0) is 11.2 Å². The zero-order valence-corrected chi connectivity index (χ0v) is 19.4. The van der Waals surface area contributed by atoms with E-state index in [9.17, 15) is 9.59 Å². The van der Waals surface area contributed by atoms with Crippen LogP contribution < -0.4 is 14.2 Å². The molecule has 0 spiro atoms. The second-order valence-corrected chi connectivity index (χ2v) is 8.69. The van der Waals surface area contributed by atoms with E-state index in [-0.39, 0.29) is 11.7 Å². The number of esters is 1.